The summed E-state index contributed by atoms with van der Waals surface area (Å²) in [6.45, 7) is 4.35. The van der Waals surface area contributed by atoms with Crippen LogP contribution in [0.4, 0.5) is 0 Å². The van der Waals surface area contributed by atoms with Crippen molar-refractivity contribution < 1.29 is 9.53 Å². The molecule has 0 spiro atoms. The third-order valence-electron chi connectivity index (χ3n) is 1.16. The number of unbranched alkanes of at least 4 members (excludes halogenated alkanes) is 2. The number of carbonyl (C=O) groups excluding carboxylic acids is 1. The zero-order chi connectivity index (χ0) is 8.53. The number of carbonyl (C=O) groups is 1. The van der Waals surface area contributed by atoms with Gasteiger partial charge in [0, 0.05) is 6.08 Å². The Morgan fingerprint density at radius 2 is 2.27 bits per heavy atom. The molecular formula is C9H15O2. The van der Waals surface area contributed by atoms with E-state index in [4.69, 9.17) is 4.74 Å². The van der Waals surface area contributed by atoms with E-state index in [1.165, 1.54) is 6.08 Å². The fourth-order valence-corrected chi connectivity index (χ4v) is 0.631. The quantitative estimate of drug-likeness (QED) is 0.345. The molecule has 0 fully saturated rings. The lowest BCUT2D eigenvalue weighted by Gasteiger charge is -1.99. The van der Waals surface area contributed by atoms with Gasteiger partial charge >= 0.3 is 5.97 Å². The van der Waals surface area contributed by atoms with Crippen LogP contribution in [0.15, 0.2) is 12.2 Å². The predicted molar refractivity (Wildman–Crippen MR) is 45.0 cm³/mol. The van der Waals surface area contributed by atoms with Crippen molar-refractivity contribution in [3.63, 3.8) is 0 Å². The molecule has 0 rings (SSSR count). The van der Waals surface area contributed by atoms with Gasteiger partial charge in [-0.25, -0.2) is 4.79 Å². The van der Waals surface area contributed by atoms with Crippen molar-refractivity contribution in [1.29, 1.82) is 0 Å². The van der Waals surface area contributed by atoms with Gasteiger partial charge in [0.15, 0.2) is 0 Å². The van der Waals surface area contributed by atoms with Crippen LogP contribution in [0.5, 0.6) is 0 Å². The lowest BCUT2D eigenvalue weighted by Crippen LogP contribution is -2.01. The van der Waals surface area contributed by atoms with E-state index in [1.54, 1.807) is 13.0 Å². The second-order valence-corrected chi connectivity index (χ2v) is 2.15. The maximum absolute atomic E-state index is 10.7. The van der Waals surface area contributed by atoms with E-state index in [-0.39, 0.29) is 5.97 Å². The van der Waals surface area contributed by atoms with Crippen molar-refractivity contribution in [3.05, 3.63) is 18.6 Å². The largest absolute Gasteiger partial charge is 0.463 e. The molecule has 0 bridgehead atoms. The number of rotatable bonds is 5. The van der Waals surface area contributed by atoms with Crippen molar-refractivity contribution >= 4 is 5.97 Å². The Hall–Kier alpha value is -0.790. The standard InChI is InChI=1S/C9H15O2/c1-3-5-6-8-11-9(10)7-4-2/h4-5,7H,3,6,8H2,1-2H3. The first-order chi connectivity index (χ1) is 5.31. The molecule has 2 heteroatoms. The molecule has 0 aromatic carbocycles. The molecule has 1 radical (unpaired) electrons. The number of hydrogen-bond acceptors (Lipinski definition) is 2. The summed E-state index contributed by atoms with van der Waals surface area (Å²) in [6.07, 6.45) is 7.06. The lowest BCUT2D eigenvalue weighted by molar-refractivity contribution is -0.137. The van der Waals surface area contributed by atoms with Crippen LogP contribution in [-0.4, -0.2) is 12.6 Å². The first kappa shape index (κ1) is 10.2. The Morgan fingerprint density at radius 3 is 2.82 bits per heavy atom. The first-order valence-electron chi connectivity index (χ1n) is 3.92. The summed E-state index contributed by atoms with van der Waals surface area (Å²) in [4.78, 5) is 10.7. The zero-order valence-electron chi connectivity index (χ0n) is 7.17. The van der Waals surface area contributed by atoms with Crippen LogP contribution in [0.25, 0.3) is 0 Å². The van der Waals surface area contributed by atoms with Crippen LogP contribution in [0.3, 0.4) is 0 Å². The molecule has 63 valence electrons. The van der Waals surface area contributed by atoms with Crippen molar-refractivity contribution in [2.75, 3.05) is 6.61 Å². The van der Waals surface area contributed by atoms with Crippen LogP contribution in [-0.2, 0) is 9.53 Å². The van der Waals surface area contributed by atoms with E-state index < -0.39 is 0 Å². The Morgan fingerprint density at radius 1 is 1.55 bits per heavy atom. The summed E-state index contributed by atoms with van der Waals surface area (Å²) in [5, 5.41) is 0. The SMILES string of the molecule is CC=CC(=O)OCC[CH]CC. The van der Waals surface area contributed by atoms with Gasteiger partial charge in [0.05, 0.1) is 6.61 Å². The highest BCUT2D eigenvalue weighted by Crippen LogP contribution is 1.93. The Balaban J connectivity index is 3.17. The van der Waals surface area contributed by atoms with E-state index in [0.717, 1.165) is 12.8 Å². The van der Waals surface area contributed by atoms with Crippen LogP contribution in [0.1, 0.15) is 26.7 Å². The summed E-state index contributed by atoms with van der Waals surface area (Å²) < 4.78 is 4.83. The normalized spacial score (nSPS) is 10.4. The van der Waals surface area contributed by atoms with Gasteiger partial charge in [-0.05, 0) is 19.8 Å². The predicted octanol–water partition coefficient (Wildman–Crippen LogP) is 2.11. The molecule has 0 aliphatic rings. The van der Waals surface area contributed by atoms with Crippen molar-refractivity contribution in [2.24, 2.45) is 0 Å². The van der Waals surface area contributed by atoms with Crippen LogP contribution < -0.4 is 0 Å². The molecule has 0 aromatic rings. The molecule has 0 N–H and O–H groups in total. The third kappa shape index (κ3) is 7.10. The smallest absolute Gasteiger partial charge is 0.330 e. The van der Waals surface area contributed by atoms with E-state index in [9.17, 15) is 4.79 Å². The summed E-state index contributed by atoms with van der Waals surface area (Å²) in [5.74, 6) is -0.253. The maximum Gasteiger partial charge on any atom is 0.330 e. The molecule has 0 heterocycles. The van der Waals surface area contributed by atoms with E-state index in [1.807, 2.05) is 0 Å². The highest BCUT2D eigenvalue weighted by atomic mass is 16.5. The van der Waals surface area contributed by atoms with E-state index in [2.05, 4.69) is 13.3 Å². The molecule has 0 unspecified atom stereocenters. The lowest BCUT2D eigenvalue weighted by atomic mass is 10.3. The van der Waals surface area contributed by atoms with Gasteiger partial charge in [-0.3, -0.25) is 0 Å². The molecule has 0 aliphatic heterocycles. The van der Waals surface area contributed by atoms with Gasteiger partial charge in [-0.1, -0.05) is 19.4 Å². The van der Waals surface area contributed by atoms with Crippen LogP contribution >= 0.6 is 0 Å². The average molecular weight is 155 g/mol. The molecule has 0 amide bonds. The summed E-state index contributed by atoms with van der Waals surface area (Å²) in [6, 6.07) is 0. The molecule has 0 atom stereocenters. The van der Waals surface area contributed by atoms with Crippen LogP contribution in [0, 0.1) is 6.42 Å². The number of esters is 1. The molecule has 0 aliphatic carbocycles. The Kier molecular flexibility index (Phi) is 6.79. The fraction of sp³-hybridized carbons (Fsp3) is 0.556. The minimum atomic E-state index is -0.253. The van der Waals surface area contributed by atoms with Gasteiger partial charge in [0.1, 0.15) is 0 Å². The summed E-state index contributed by atoms with van der Waals surface area (Å²) in [7, 11) is 0. The van der Waals surface area contributed by atoms with E-state index >= 15 is 0 Å². The minimum absolute atomic E-state index is 0.253. The average Bonchev–Trinajstić information content (AvgIpc) is 1.99. The van der Waals surface area contributed by atoms with Gasteiger partial charge in [-0.2, -0.15) is 0 Å². The first-order valence-corrected chi connectivity index (χ1v) is 3.92. The van der Waals surface area contributed by atoms with Crippen LogP contribution in [0.2, 0.25) is 0 Å². The summed E-state index contributed by atoms with van der Waals surface area (Å²) in [5.41, 5.74) is 0. The molecular weight excluding hydrogens is 140 g/mol. The molecule has 11 heavy (non-hydrogen) atoms. The fourth-order valence-electron chi connectivity index (χ4n) is 0.631. The molecule has 0 saturated carbocycles. The monoisotopic (exact) mass is 155 g/mol. The van der Waals surface area contributed by atoms with Crippen molar-refractivity contribution in [3.8, 4) is 0 Å². The van der Waals surface area contributed by atoms with E-state index in [0.29, 0.717) is 6.61 Å². The van der Waals surface area contributed by atoms with Gasteiger partial charge in [0.25, 0.3) is 0 Å². The molecule has 0 aromatic heterocycles. The number of allylic oxidation sites excluding steroid dienone is 1. The molecule has 0 saturated heterocycles. The third-order valence-corrected chi connectivity index (χ3v) is 1.16. The number of ether oxygens (including phenoxy) is 1. The van der Waals surface area contributed by atoms with Gasteiger partial charge in [0.2, 0.25) is 0 Å². The second-order valence-electron chi connectivity index (χ2n) is 2.15. The van der Waals surface area contributed by atoms with Crippen molar-refractivity contribution in [2.45, 2.75) is 26.7 Å². The highest BCUT2D eigenvalue weighted by molar-refractivity contribution is 5.81. The summed E-state index contributed by atoms with van der Waals surface area (Å²) >= 11 is 0. The topological polar surface area (TPSA) is 26.3 Å². The second kappa shape index (κ2) is 7.32. The van der Waals surface area contributed by atoms with Gasteiger partial charge < -0.3 is 4.74 Å². The Bertz CT molecular complexity index is 128. The Labute approximate surface area is 68.2 Å². The van der Waals surface area contributed by atoms with Gasteiger partial charge in [-0.15, -0.1) is 0 Å². The molecule has 2 nitrogen and oxygen atoms in total. The number of hydrogen-bond donors (Lipinski definition) is 0. The zero-order valence-corrected chi connectivity index (χ0v) is 7.17. The maximum atomic E-state index is 10.7. The van der Waals surface area contributed by atoms with Crippen molar-refractivity contribution in [1.82, 2.24) is 0 Å². The highest BCUT2D eigenvalue weighted by Gasteiger charge is 1.93. The minimum Gasteiger partial charge on any atom is -0.463 e.